The van der Waals surface area contributed by atoms with Crippen LogP contribution in [0.5, 0.6) is 0 Å². The topological polar surface area (TPSA) is 45.2 Å². The first-order valence-corrected chi connectivity index (χ1v) is 8.31. The van der Waals surface area contributed by atoms with Crippen molar-refractivity contribution in [1.29, 1.82) is 0 Å². The average molecular weight is 354 g/mol. The molecule has 0 spiro atoms. The van der Waals surface area contributed by atoms with Gasteiger partial charge in [0.25, 0.3) is 5.91 Å². The van der Waals surface area contributed by atoms with E-state index in [4.69, 9.17) is 0 Å². The van der Waals surface area contributed by atoms with Crippen molar-refractivity contribution >= 4 is 21.8 Å². The molecule has 0 aliphatic carbocycles. The number of carbonyl (C=O) groups excluding carboxylic acids is 1. The van der Waals surface area contributed by atoms with Gasteiger partial charge in [-0.15, -0.1) is 0 Å². The van der Waals surface area contributed by atoms with Gasteiger partial charge in [-0.1, -0.05) is 6.92 Å². The van der Waals surface area contributed by atoms with Gasteiger partial charge >= 0.3 is 0 Å². The van der Waals surface area contributed by atoms with Crippen LogP contribution in [0.1, 0.15) is 44.0 Å². The van der Waals surface area contributed by atoms with Crippen LogP contribution >= 0.6 is 15.9 Å². The molecule has 1 atom stereocenters. The van der Waals surface area contributed by atoms with Gasteiger partial charge in [-0.05, 0) is 61.1 Å². The Morgan fingerprint density at radius 2 is 2.29 bits per heavy atom. The van der Waals surface area contributed by atoms with Gasteiger partial charge < -0.3 is 5.32 Å². The number of rotatable bonds is 4. The highest BCUT2D eigenvalue weighted by Crippen LogP contribution is 2.23. The fraction of sp³-hybridized carbons (Fsp3) is 0.625. The highest BCUT2D eigenvalue weighted by atomic mass is 79.9. The Labute approximate surface area is 135 Å². The number of pyridine rings is 1. The van der Waals surface area contributed by atoms with Gasteiger partial charge in [0.05, 0.1) is 5.56 Å². The van der Waals surface area contributed by atoms with E-state index in [9.17, 15) is 4.79 Å². The zero-order chi connectivity index (χ0) is 15.5. The monoisotopic (exact) mass is 353 g/mol. The first-order chi connectivity index (χ1) is 9.88. The van der Waals surface area contributed by atoms with Crippen molar-refractivity contribution in [3.05, 3.63) is 28.5 Å². The van der Waals surface area contributed by atoms with Crippen molar-refractivity contribution in [3.63, 3.8) is 0 Å². The van der Waals surface area contributed by atoms with Crippen LogP contribution in [-0.2, 0) is 0 Å². The zero-order valence-electron chi connectivity index (χ0n) is 13.0. The van der Waals surface area contributed by atoms with Crippen LogP contribution in [0, 0.1) is 5.92 Å². The minimum atomic E-state index is -0.0677. The molecule has 4 nitrogen and oxygen atoms in total. The molecule has 1 amide bonds. The van der Waals surface area contributed by atoms with Crippen LogP contribution in [-0.4, -0.2) is 41.0 Å². The van der Waals surface area contributed by atoms with Crippen molar-refractivity contribution in [2.24, 2.45) is 5.92 Å². The second-order valence-electron chi connectivity index (χ2n) is 6.58. The third-order valence-electron chi connectivity index (χ3n) is 4.16. The summed E-state index contributed by atoms with van der Waals surface area (Å²) < 4.78 is 0.819. The molecule has 1 unspecified atom stereocenters. The van der Waals surface area contributed by atoms with Crippen LogP contribution in [0.15, 0.2) is 22.9 Å². The average Bonchev–Trinajstić information content (AvgIpc) is 2.45. The molecule has 1 N–H and O–H groups in total. The maximum Gasteiger partial charge on any atom is 0.252 e. The van der Waals surface area contributed by atoms with Gasteiger partial charge in [-0.3, -0.25) is 14.7 Å². The quantitative estimate of drug-likeness (QED) is 0.904. The van der Waals surface area contributed by atoms with Crippen molar-refractivity contribution in [2.75, 3.05) is 19.6 Å². The summed E-state index contributed by atoms with van der Waals surface area (Å²) in [6.07, 6.45) is 5.82. The lowest BCUT2D eigenvalue weighted by atomic mass is 9.93. The molecule has 5 heteroatoms. The second kappa shape index (κ2) is 6.88. The SMILES string of the molecule is CC1CCCN(C(C)(C)CNC(=O)c2cncc(Br)c2)C1. The van der Waals surface area contributed by atoms with Crippen molar-refractivity contribution in [3.8, 4) is 0 Å². The molecule has 2 heterocycles. The largest absolute Gasteiger partial charge is 0.350 e. The number of hydrogen-bond acceptors (Lipinski definition) is 3. The Morgan fingerprint density at radius 1 is 1.52 bits per heavy atom. The Morgan fingerprint density at radius 3 is 2.95 bits per heavy atom. The number of nitrogens with one attached hydrogen (secondary N) is 1. The molecule has 0 aromatic carbocycles. The van der Waals surface area contributed by atoms with E-state index >= 15 is 0 Å². The van der Waals surface area contributed by atoms with E-state index in [1.54, 1.807) is 18.5 Å². The molecule has 21 heavy (non-hydrogen) atoms. The lowest BCUT2D eigenvalue weighted by Crippen LogP contribution is -2.54. The molecule has 1 aliphatic heterocycles. The summed E-state index contributed by atoms with van der Waals surface area (Å²) in [7, 11) is 0. The van der Waals surface area contributed by atoms with Gasteiger partial charge in [0, 0.05) is 35.5 Å². The maximum absolute atomic E-state index is 12.2. The highest BCUT2D eigenvalue weighted by molar-refractivity contribution is 9.10. The molecule has 2 rings (SSSR count). The van der Waals surface area contributed by atoms with Crippen LogP contribution in [0.25, 0.3) is 0 Å². The lowest BCUT2D eigenvalue weighted by Gasteiger charge is -2.43. The first kappa shape index (κ1) is 16.4. The molecular formula is C16H24BrN3O. The number of halogens is 1. The summed E-state index contributed by atoms with van der Waals surface area (Å²) in [6.45, 7) is 9.57. The second-order valence-corrected chi connectivity index (χ2v) is 7.50. The number of hydrogen-bond donors (Lipinski definition) is 1. The van der Waals surface area contributed by atoms with E-state index in [0.717, 1.165) is 23.5 Å². The van der Waals surface area contributed by atoms with Gasteiger partial charge in [0.2, 0.25) is 0 Å². The minimum Gasteiger partial charge on any atom is -0.350 e. The first-order valence-electron chi connectivity index (χ1n) is 7.52. The highest BCUT2D eigenvalue weighted by Gasteiger charge is 2.30. The van der Waals surface area contributed by atoms with E-state index in [-0.39, 0.29) is 11.4 Å². The molecule has 1 aromatic heterocycles. The number of amides is 1. The molecule has 0 radical (unpaired) electrons. The minimum absolute atomic E-state index is 0.0240. The standard InChI is InChI=1S/C16H24BrN3O/c1-12-5-4-6-20(10-12)16(2,3)11-19-15(21)13-7-14(17)9-18-8-13/h7-9,12H,4-6,10-11H2,1-3H3,(H,19,21). The Bertz CT molecular complexity index is 504. The Hall–Kier alpha value is -0.940. The molecule has 1 aromatic rings. The van der Waals surface area contributed by atoms with Gasteiger partial charge in [-0.2, -0.15) is 0 Å². The van der Waals surface area contributed by atoms with Crippen LogP contribution in [0.4, 0.5) is 0 Å². The van der Waals surface area contributed by atoms with E-state index in [1.807, 2.05) is 0 Å². The lowest BCUT2D eigenvalue weighted by molar-refractivity contribution is 0.0657. The van der Waals surface area contributed by atoms with E-state index in [1.165, 1.54) is 12.8 Å². The Balaban J connectivity index is 1.93. The summed E-state index contributed by atoms with van der Waals surface area (Å²) in [5.74, 6) is 0.671. The third-order valence-corrected chi connectivity index (χ3v) is 4.60. The summed E-state index contributed by atoms with van der Waals surface area (Å²) in [4.78, 5) is 18.7. The Kier molecular flexibility index (Phi) is 5.38. The fourth-order valence-corrected chi connectivity index (χ4v) is 3.15. The number of carbonyl (C=O) groups is 1. The maximum atomic E-state index is 12.2. The number of aromatic nitrogens is 1. The summed E-state index contributed by atoms with van der Waals surface area (Å²) >= 11 is 3.34. The number of piperidine rings is 1. The van der Waals surface area contributed by atoms with Crippen LogP contribution < -0.4 is 5.32 Å². The molecule has 1 aliphatic rings. The van der Waals surface area contributed by atoms with Crippen LogP contribution in [0.3, 0.4) is 0 Å². The molecule has 0 saturated carbocycles. The summed E-state index contributed by atoms with van der Waals surface area (Å²) in [6, 6.07) is 1.79. The van der Waals surface area contributed by atoms with Crippen molar-refractivity contribution < 1.29 is 4.79 Å². The predicted octanol–water partition coefficient (Wildman–Crippen LogP) is 3.08. The van der Waals surface area contributed by atoms with Crippen molar-refractivity contribution in [1.82, 2.24) is 15.2 Å². The molecule has 1 fully saturated rings. The van der Waals surface area contributed by atoms with E-state index in [2.05, 4.69) is 51.9 Å². The van der Waals surface area contributed by atoms with Gasteiger partial charge in [-0.25, -0.2) is 0 Å². The molecule has 0 bridgehead atoms. The number of likely N-dealkylation sites (tertiary alicyclic amines) is 1. The smallest absolute Gasteiger partial charge is 0.252 e. The molecule has 116 valence electrons. The predicted molar refractivity (Wildman–Crippen MR) is 88.3 cm³/mol. The summed E-state index contributed by atoms with van der Waals surface area (Å²) in [5.41, 5.74) is 0.566. The fourth-order valence-electron chi connectivity index (χ4n) is 2.79. The van der Waals surface area contributed by atoms with Crippen molar-refractivity contribution in [2.45, 2.75) is 39.2 Å². The zero-order valence-corrected chi connectivity index (χ0v) is 14.6. The van der Waals surface area contributed by atoms with E-state index < -0.39 is 0 Å². The van der Waals surface area contributed by atoms with Gasteiger partial charge in [0.1, 0.15) is 0 Å². The normalized spacial score (nSPS) is 20.3. The molecule has 1 saturated heterocycles. The van der Waals surface area contributed by atoms with Crippen LogP contribution in [0.2, 0.25) is 0 Å². The number of nitrogens with zero attached hydrogens (tertiary/aromatic N) is 2. The third kappa shape index (κ3) is 4.51. The van der Waals surface area contributed by atoms with E-state index in [0.29, 0.717) is 12.1 Å². The van der Waals surface area contributed by atoms with Gasteiger partial charge in [0.15, 0.2) is 0 Å². The summed E-state index contributed by atoms with van der Waals surface area (Å²) in [5, 5.41) is 3.04. The molecular weight excluding hydrogens is 330 g/mol.